The molecular formula is C49H28N4O2. The quantitative estimate of drug-likeness (QED) is 0.182. The third-order valence-corrected chi connectivity index (χ3v) is 10.9. The number of rotatable bonds is 4. The van der Waals surface area contributed by atoms with Crippen molar-refractivity contribution >= 4 is 76.5 Å². The van der Waals surface area contributed by atoms with Crippen LogP contribution in [0.2, 0.25) is 0 Å². The van der Waals surface area contributed by atoms with Crippen LogP contribution in [0.1, 0.15) is 0 Å². The van der Waals surface area contributed by atoms with Crippen LogP contribution in [-0.4, -0.2) is 19.5 Å². The van der Waals surface area contributed by atoms with Crippen LogP contribution in [0.3, 0.4) is 0 Å². The van der Waals surface area contributed by atoms with Gasteiger partial charge in [-0.15, -0.1) is 0 Å². The van der Waals surface area contributed by atoms with E-state index in [4.69, 9.17) is 23.8 Å². The van der Waals surface area contributed by atoms with Crippen LogP contribution in [-0.2, 0) is 0 Å². The topological polar surface area (TPSA) is 69.9 Å². The van der Waals surface area contributed by atoms with Crippen LogP contribution >= 0.6 is 0 Å². The molecule has 0 radical (unpaired) electrons. The Balaban J connectivity index is 1.15. The average molecular weight is 705 g/mol. The van der Waals surface area contributed by atoms with E-state index in [0.717, 1.165) is 98.7 Å². The zero-order valence-corrected chi connectivity index (χ0v) is 29.3. The SMILES string of the molecule is c1ccc(-c2nc(-c3ccccc3)nc(-n3c4ccccc4c4c5oc6cc(-c7cccc8c7oc7ccccc78)c7ccccc7c6c5ccc43)n2)cc1. The molecule has 256 valence electrons. The predicted octanol–water partition coefficient (Wildman–Crippen LogP) is 12.9. The van der Waals surface area contributed by atoms with Crippen LogP contribution in [0.5, 0.6) is 0 Å². The number of fused-ring (bicyclic) bond motifs is 12. The first-order valence-electron chi connectivity index (χ1n) is 18.4. The Morgan fingerprint density at radius 1 is 0.364 bits per heavy atom. The molecule has 0 aliphatic carbocycles. The Bertz CT molecular complexity index is 3430. The fraction of sp³-hybridized carbons (Fsp3) is 0. The largest absolute Gasteiger partial charge is 0.455 e. The molecule has 12 rings (SSSR count). The number of nitrogens with zero attached hydrogens (tertiary/aromatic N) is 4. The molecule has 0 aliphatic heterocycles. The van der Waals surface area contributed by atoms with Crippen molar-refractivity contribution in [2.75, 3.05) is 0 Å². The van der Waals surface area contributed by atoms with Gasteiger partial charge in [-0.2, -0.15) is 9.97 Å². The third kappa shape index (κ3) is 4.39. The van der Waals surface area contributed by atoms with Gasteiger partial charge in [0, 0.05) is 43.6 Å². The lowest BCUT2D eigenvalue weighted by molar-refractivity contribution is 0.669. The molecule has 0 spiro atoms. The summed E-state index contributed by atoms with van der Waals surface area (Å²) >= 11 is 0. The number of hydrogen-bond acceptors (Lipinski definition) is 5. The molecule has 12 aromatic rings. The molecule has 55 heavy (non-hydrogen) atoms. The predicted molar refractivity (Wildman–Crippen MR) is 223 cm³/mol. The summed E-state index contributed by atoms with van der Waals surface area (Å²) in [6.45, 7) is 0. The summed E-state index contributed by atoms with van der Waals surface area (Å²) in [7, 11) is 0. The zero-order valence-electron chi connectivity index (χ0n) is 29.3. The molecular weight excluding hydrogens is 677 g/mol. The fourth-order valence-electron chi connectivity index (χ4n) is 8.44. The third-order valence-electron chi connectivity index (χ3n) is 10.9. The summed E-state index contributed by atoms with van der Waals surface area (Å²) in [6, 6.07) is 58.4. The summed E-state index contributed by atoms with van der Waals surface area (Å²) in [6.07, 6.45) is 0. The molecule has 4 heterocycles. The minimum Gasteiger partial charge on any atom is -0.455 e. The van der Waals surface area contributed by atoms with Crippen molar-refractivity contribution < 1.29 is 8.83 Å². The molecule has 0 atom stereocenters. The van der Waals surface area contributed by atoms with Crippen LogP contribution in [0.15, 0.2) is 179 Å². The number of benzene rings is 8. The number of aromatic nitrogens is 4. The van der Waals surface area contributed by atoms with Crippen molar-refractivity contribution in [2.24, 2.45) is 0 Å². The van der Waals surface area contributed by atoms with Crippen molar-refractivity contribution in [3.05, 3.63) is 170 Å². The molecule has 0 aliphatic rings. The fourth-order valence-corrected chi connectivity index (χ4v) is 8.44. The monoisotopic (exact) mass is 704 g/mol. The Morgan fingerprint density at radius 3 is 1.75 bits per heavy atom. The number of hydrogen-bond donors (Lipinski definition) is 0. The normalized spacial score (nSPS) is 12.0. The lowest BCUT2D eigenvalue weighted by Gasteiger charge is -2.10. The molecule has 0 saturated heterocycles. The van der Waals surface area contributed by atoms with Crippen LogP contribution in [0.25, 0.3) is 116 Å². The van der Waals surface area contributed by atoms with Gasteiger partial charge in [-0.05, 0) is 46.7 Å². The lowest BCUT2D eigenvalue weighted by Crippen LogP contribution is -2.06. The van der Waals surface area contributed by atoms with Gasteiger partial charge in [-0.25, -0.2) is 4.98 Å². The van der Waals surface area contributed by atoms with E-state index in [9.17, 15) is 0 Å². The van der Waals surface area contributed by atoms with Gasteiger partial charge in [0.1, 0.15) is 22.3 Å². The van der Waals surface area contributed by atoms with Crippen molar-refractivity contribution in [1.82, 2.24) is 19.5 Å². The highest BCUT2D eigenvalue weighted by Crippen LogP contribution is 2.46. The van der Waals surface area contributed by atoms with E-state index in [-0.39, 0.29) is 0 Å². The highest BCUT2D eigenvalue weighted by atomic mass is 16.3. The van der Waals surface area contributed by atoms with E-state index in [1.54, 1.807) is 0 Å². The second kappa shape index (κ2) is 11.5. The van der Waals surface area contributed by atoms with Crippen molar-refractivity contribution in [1.29, 1.82) is 0 Å². The molecule has 0 amide bonds. The number of furan rings is 2. The maximum atomic E-state index is 7.05. The van der Waals surface area contributed by atoms with Gasteiger partial charge in [-0.1, -0.05) is 140 Å². The van der Waals surface area contributed by atoms with Gasteiger partial charge in [0.25, 0.3) is 0 Å². The van der Waals surface area contributed by atoms with Crippen LogP contribution in [0, 0.1) is 0 Å². The van der Waals surface area contributed by atoms with E-state index in [2.05, 4.69) is 102 Å². The van der Waals surface area contributed by atoms with E-state index < -0.39 is 0 Å². The Labute approximate surface area is 313 Å². The lowest BCUT2D eigenvalue weighted by atomic mass is 9.93. The first-order chi connectivity index (χ1) is 27.3. The highest BCUT2D eigenvalue weighted by Gasteiger charge is 2.24. The van der Waals surface area contributed by atoms with Crippen molar-refractivity contribution in [2.45, 2.75) is 0 Å². The molecule has 6 nitrogen and oxygen atoms in total. The first kappa shape index (κ1) is 29.9. The molecule has 0 fully saturated rings. The summed E-state index contributed by atoms with van der Waals surface area (Å²) in [5.74, 6) is 1.76. The summed E-state index contributed by atoms with van der Waals surface area (Å²) in [5.41, 5.74) is 9.27. The molecule has 4 aromatic heterocycles. The van der Waals surface area contributed by atoms with Crippen molar-refractivity contribution in [3.63, 3.8) is 0 Å². The highest BCUT2D eigenvalue weighted by molar-refractivity contribution is 6.29. The molecule has 8 aromatic carbocycles. The van der Waals surface area contributed by atoms with E-state index in [1.807, 2.05) is 72.8 Å². The van der Waals surface area contributed by atoms with Crippen molar-refractivity contribution in [3.8, 4) is 39.9 Å². The van der Waals surface area contributed by atoms with Gasteiger partial charge in [0.05, 0.1) is 16.4 Å². The van der Waals surface area contributed by atoms with E-state index >= 15 is 0 Å². The van der Waals surface area contributed by atoms with Gasteiger partial charge >= 0.3 is 0 Å². The molecule has 6 heteroatoms. The zero-order chi connectivity index (χ0) is 36.0. The maximum Gasteiger partial charge on any atom is 0.238 e. The smallest absolute Gasteiger partial charge is 0.238 e. The second-order valence-electron chi connectivity index (χ2n) is 13.9. The molecule has 0 saturated carbocycles. The van der Waals surface area contributed by atoms with Crippen LogP contribution < -0.4 is 0 Å². The van der Waals surface area contributed by atoms with E-state index in [0.29, 0.717) is 17.6 Å². The van der Waals surface area contributed by atoms with Gasteiger partial charge in [-0.3, -0.25) is 4.57 Å². The second-order valence-corrected chi connectivity index (χ2v) is 13.9. The maximum absolute atomic E-state index is 7.05. The first-order valence-corrected chi connectivity index (χ1v) is 18.4. The molecule has 0 N–H and O–H groups in total. The molecule has 0 bridgehead atoms. The minimum absolute atomic E-state index is 0.543. The average Bonchev–Trinajstić information content (AvgIpc) is 3.93. The Hall–Kier alpha value is -7.57. The Morgan fingerprint density at radius 2 is 0.982 bits per heavy atom. The standard InChI is InChI=1S/C49H28N4O2/c1-3-14-29(15-4-1)47-50-48(30-16-5-2-6-17-30)52-49(51-47)53-39-24-11-9-21-36(39)44-40(53)27-26-37-43-33-20-8-7-18-31(33)38(28-42(43)55-46(37)44)35-23-13-22-34-32-19-10-12-25-41(32)54-45(34)35/h1-28H. The summed E-state index contributed by atoms with van der Waals surface area (Å²) in [5, 5.41) is 8.68. The molecule has 0 unspecified atom stereocenters. The number of para-hydroxylation sites is 3. The van der Waals surface area contributed by atoms with Crippen LogP contribution in [0.4, 0.5) is 0 Å². The van der Waals surface area contributed by atoms with E-state index in [1.165, 1.54) is 0 Å². The van der Waals surface area contributed by atoms with Gasteiger partial charge in [0.15, 0.2) is 11.6 Å². The van der Waals surface area contributed by atoms with Gasteiger partial charge in [0.2, 0.25) is 5.95 Å². The summed E-state index contributed by atoms with van der Waals surface area (Å²) < 4.78 is 15.7. The Kier molecular flexibility index (Phi) is 6.24. The minimum atomic E-state index is 0.543. The summed E-state index contributed by atoms with van der Waals surface area (Å²) in [4.78, 5) is 15.2. The van der Waals surface area contributed by atoms with Gasteiger partial charge < -0.3 is 8.83 Å².